The topological polar surface area (TPSA) is 148 Å². The van der Waals surface area contributed by atoms with E-state index in [1.165, 1.54) is 9.25 Å². The quantitative estimate of drug-likeness (QED) is 0.339. The van der Waals surface area contributed by atoms with Gasteiger partial charge in [-0.05, 0) is 42.5 Å². The summed E-state index contributed by atoms with van der Waals surface area (Å²) in [5, 5.41) is 4.90. The lowest BCUT2D eigenvalue weighted by Crippen LogP contribution is -2.24. The van der Waals surface area contributed by atoms with Gasteiger partial charge in [-0.15, -0.1) is 0 Å². The molecule has 1 amide bonds. The van der Waals surface area contributed by atoms with Crippen molar-refractivity contribution in [3.8, 4) is 34.0 Å². The Morgan fingerprint density at radius 3 is 2.18 bits per heavy atom. The molecule has 0 atom stereocenters. The van der Waals surface area contributed by atoms with Gasteiger partial charge >= 0.3 is 0 Å². The SMILES string of the molecule is NC(=O)c1nn(-c2ccccc2)c2nc(-c3ccc(-c4ccnc(N)n4)cc3)n(-c3ccc(Cl)cc3)c(=O)c12. The summed E-state index contributed by atoms with van der Waals surface area (Å²) in [5.74, 6) is -0.339. The number of hydrogen-bond acceptors (Lipinski definition) is 7. The Bertz CT molecular complexity index is 1920. The normalized spacial score (nSPS) is 11.1. The summed E-state index contributed by atoms with van der Waals surface area (Å²) in [6.07, 6.45) is 1.58. The molecule has 11 heteroatoms. The average molecular weight is 535 g/mol. The number of nitrogens with zero attached hydrogens (tertiary/aromatic N) is 6. The first-order valence-corrected chi connectivity index (χ1v) is 12.1. The highest BCUT2D eigenvalue weighted by Crippen LogP contribution is 2.28. The third-order valence-electron chi connectivity index (χ3n) is 6.13. The van der Waals surface area contributed by atoms with Crippen molar-refractivity contribution in [2.45, 2.75) is 0 Å². The molecule has 0 unspecified atom stereocenters. The molecular formula is C28H19ClN8O2. The molecule has 6 aromatic rings. The van der Waals surface area contributed by atoms with E-state index in [1.807, 2.05) is 42.5 Å². The Balaban J connectivity index is 1.64. The van der Waals surface area contributed by atoms with Crippen molar-refractivity contribution in [3.63, 3.8) is 0 Å². The molecule has 0 aliphatic carbocycles. The second kappa shape index (κ2) is 9.51. The lowest BCUT2D eigenvalue weighted by Gasteiger charge is -2.14. The number of amides is 1. The molecule has 6 rings (SSSR count). The minimum atomic E-state index is -0.836. The zero-order valence-corrected chi connectivity index (χ0v) is 20.9. The summed E-state index contributed by atoms with van der Waals surface area (Å²) in [6, 6.07) is 24.9. The number of para-hydroxylation sites is 1. The molecule has 0 fully saturated rings. The fourth-order valence-electron chi connectivity index (χ4n) is 4.34. The number of rotatable bonds is 5. The van der Waals surface area contributed by atoms with Gasteiger partial charge in [0.1, 0.15) is 11.2 Å². The molecule has 3 aromatic carbocycles. The molecule has 0 saturated carbocycles. The lowest BCUT2D eigenvalue weighted by molar-refractivity contribution is 0.0996. The van der Waals surface area contributed by atoms with Crippen LogP contribution >= 0.6 is 11.6 Å². The van der Waals surface area contributed by atoms with Gasteiger partial charge in [0.15, 0.2) is 11.3 Å². The predicted molar refractivity (Wildman–Crippen MR) is 149 cm³/mol. The number of fused-ring (bicyclic) bond motifs is 1. The second-order valence-corrected chi connectivity index (χ2v) is 9.03. The summed E-state index contributed by atoms with van der Waals surface area (Å²) in [4.78, 5) is 39.6. The first kappa shape index (κ1) is 24.0. The molecular weight excluding hydrogens is 516 g/mol. The molecule has 39 heavy (non-hydrogen) atoms. The maximum absolute atomic E-state index is 14.1. The van der Waals surface area contributed by atoms with Crippen LogP contribution < -0.4 is 17.0 Å². The molecule has 4 N–H and O–H groups in total. The van der Waals surface area contributed by atoms with Gasteiger partial charge in [-0.1, -0.05) is 54.1 Å². The Labute approximate surface area is 226 Å². The Morgan fingerprint density at radius 1 is 0.821 bits per heavy atom. The van der Waals surface area contributed by atoms with E-state index in [9.17, 15) is 9.59 Å². The molecule has 3 aromatic heterocycles. The monoisotopic (exact) mass is 534 g/mol. The van der Waals surface area contributed by atoms with Gasteiger partial charge in [0, 0.05) is 22.3 Å². The highest BCUT2D eigenvalue weighted by Gasteiger charge is 2.25. The minimum absolute atomic E-state index is 0.0122. The number of benzene rings is 3. The van der Waals surface area contributed by atoms with Crippen molar-refractivity contribution in [1.82, 2.24) is 29.3 Å². The van der Waals surface area contributed by atoms with E-state index in [-0.39, 0.29) is 22.7 Å². The highest BCUT2D eigenvalue weighted by atomic mass is 35.5. The zero-order chi connectivity index (χ0) is 27.1. The molecule has 3 heterocycles. The molecule has 0 bridgehead atoms. The van der Waals surface area contributed by atoms with Crippen LogP contribution in [0.3, 0.4) is 0 Å². The largest absolute Gasteiger partial charge is 0.368 e. The number of primary amides is 1. The molecule has 0 aliphatic heterocycles. The van der Waals surface area contributed by atoms with E-state index >= 15 is 0 Å². The van der Waals surface area contributed by atoms with Crippen molar-refractivity contribution in [3.05, 3.63) is 112 Å². The number of halogens is 1. The number of nitrogen functional groups attached to an aromatic ring is 1. The van der Waals surface area contributed by atoms with Crippen LogP contribution in [0.15, 0.2) is 95.9 Å². The number of carbonyl (C=O) groups excluding carboxylic acids is 1. The van der Waals surface area contributed by atoms with Gasteiger partial charge < -0.3 is 11.5 Å². The third kappa shape index (κ3) is 4.28. The van der Waals surface area contributed by atoms with Gasteiger partial charge in [0.05, 0.1) is 17.1 Å². The van der Waals surface area contributed by atoms with E-state index in [0.29, 0.717) is 33.5 Å². The first-order chi connectivity index (χ1) is 18.9. The van der Waals surface area contributed by atoms with Gasteiger partial charge in [0.25, 0.3) is 11.5 Å². The number of nitrogens with two attached hydrogens (primary N) is 2. The lowest BCUT2D eigenvalue weighted by atomic mass is 10.1. The van der Waals surface area contributed by atoms with Crippen LogP contribution in [0.4, 0.5) is 5.95 Å². The zero-order valence-electron chi connectivity index (χ0n) is 20.2. The van der Waals surface area contributed by atoms with Crippen molar-refractivity contribution >= 4 is 34.5 Å². The average Bonchev–Trinajstić information content (AvgIpc) is 3.35. The molecule has 190 valence electrons. The molecule has 0 spiro atoms. The van der Waals surface area contributed by atoms with E-state index in [4.69, 9.17) is 28.1 Å². The van der Waals surface area contributed by atoms with Crippen LogP contribution in [0.25, 0.3) is 45.1 Å². The Hall–Kier alpha value is -5.35. The summed E-state index contributed by atoms with van der Waals surface area (Å²) in [5.41, 5.74) is 14.1. The maximum atomic E-state index is 14.1. The van der Waals surface area contributed by atoms with Crippen LogP contribution in [0.1, 0.15) is 10.5 Å². The number of hydrogen-bond donors (Lipinski definition) is 2. The van der Waals surface area contributed by atoms with Crippen LogP contribution in [0, 0.1) is 0 Å². The summed E-state index contributed by atoms with van der Waals surface area (Å²) in [7, 11) is 0. The van der Waals surface area contributed by atoms with Crippen LogP contribution in [-0.2, 0) is 0 Å². The fraction of sp³-hybridized carbons (Fsp3) is 0. The maximum Gasteiger partial charge on any atom is 0.270 e. The van der Waals surface area contributed by atoms with Gasteiger partial charge in [-0.2, -0.15) is 5.10 Å². The second-order valence-electron chi connectivity index (χ2n) is 8.59. The molecule has 0 aliphatic rings. The molecule has 0 radical (unpaired) electrons. The summed E-state index contributed by atoms with van der Waals surface area (Å²) in [6.45, 7) is 0. The van der Waals surface area contributed by atoms with Crippen LogP contribution in [-0.4, -0.2) is 35.2 Å². The fourth-order valence-corrected chi connectivity index (χ4v) is 4.46. The van der Waals surface area contributed by atoms with Gasteiger partial charge in [-0.3, -0.25) is 14.2 Å². The summed E-state index contributed by atoms with van der Waals surface area (Å²) < 4.78 is 2.87. The van der Waals surface area contributed by atoms with Crippen LogP contribution in [0.5, 0.6) is 0 Å². The van der Waals surface area contributed by atoms with E-state index < -0.39 is 11.5 Å². The minimum Gasteiger partial charge on any atom is -0.368 e. The smallest absolute Gasteiger partial charge is 0.270 e. The Kier molecular flexibility index (Phi) is 5.85. The molecule has 0 saturated heterocycles. The van der Waals surface area contributed by atoms with Gasteiger partial charge in [0.2, 0.25) is 5.95 Å². The van der Waals surface area contributed by atoms with Crippen molar-refractivity contribution < 1.29 is 4.79 Å². The number of anilines is 1. The van der Waals surface area contributed by atoms with Crippen LogP contribution in [0.2, 0.25) is 5.02 Å². The highest BCUT2D eigenvalue weighted by molar-refractivity contribution is 6.30. The first-order valence-electron chi connectivity index (χ1n) is 11.8. The van der Waals surface area contributed by atoms with E-state index in [1.54, 1.807) is 48.7 Å². The predicted octanol–water partition coefficient (Wildman–Crippen LogP) is 4.03. The number of carbonyl (C=O) groups is 1. The van der Waals surface area contributed by atoms with Gasteiger partial charge in [-0.25, -0.2) is 19.6 Å². The standard InChI is InChI=1S/C28H19ClN8O2/c29-18-10-12-19(13-11-18)36-25(17-8-6-16(7-9-17)21-14-15-32-28(31)33-21)34-26-22(27(36)39)23(24(30)38)35-37(26)20-4-2-1-3-5-20/h1-15H,(H2,30,38)(H2,31,32,33). The van der Waals surface area contributed by atoms with Crippen molar-refractivity contribution in [2.75, 3.05) is 5.73 Å². The van der Waals surface area contributed by atoms with Crippen molar-refractivity contribution in [1.29, 1.82) is 0 Å². The third-order valence-corrected chi connectivity index (χ3v) is 6.39. The summed E-state index contributed by atoms with van der Waals surface area (Å²) >= 11 is 6.12. The van der Waals surface area contributed by atoms with Crippen molar-refractivity contribution in [2.24, 2.45) is 5.73 Å². The number of aromatic nitrogens is 6. The molecule has 10 nitrogen and oxygen atoms in total. The van der Waals surface area contributed by atoms with E-state index in [2.05, 4.69) is 15.1 Å². The van der Waals surface area contributed by atoms with E-state index in [0.717, 1.165) is 5.56 Å². The Morgan fingerprint density at radius 2 is 1.51 bits per heavy atom.